The summed E-state index contributed by atoms with van der Waals surface area (Å²) < 4.78 is 0. The van der Waals surface area contributed by atoms with E-state index in [1.165, 1.54) is 75.6 Å². The van der Waals surface area contributed by atoms with E-state index in [1.807, 2.05) is 0 Å². The summed E-state index contributed by atoms with van der Waals surface area (Å²) in [6.45, 7) is 4.60. The molecule has 2 aromatic rings. The van der Waals surface area contributed by atoms with Gasteiger partial charge in [0.05, 0.1) is 0 Å². The van der Waals surface area contributed by atoms with Gasteiger partial charge in [0.15, 0.2) is 0 Å². The number of hydrogen-bond donors (Lipinski definition) is 2. The van der Waals surface area contributed by atoms with Crippen molar-refractivity contribution in [2.45, 2.75) is 57.8 Å². The molecular formula is C25H38N2. The van der Waals surface area contributed by atoms with Crippen molar-refractivity contribution >= 4 is 0 Å². The zero-order valence-corrected chi connectivity index (χ0v) is 17.0. The summed E-state index contributed by atoms with van der Waals surface area (Å²) in [5.74, 6) is 0. The molecule has 27 heavy (non-hydrogen) atoms. The molecule has 0 spiro atoms. The fourth-order valence-corrected chi connectivity index (χ4v) is 3.38. The van der Waals surface area contributed by atoms with Gasteiger partial charge in [-0.05, 0) is 75.8 Å². The lowest BCUT2D eigenvalue weighted by atomic mass is 10.1. The summed E-state index contributed by atoms with van der Waals surface area (Å²) in [6.07, 6.45) is 11.6. The van der Waals surface area contributed by atoms with E-state index in [1.54, 1.807) is 0 Å². The largest absolute Gasteiger partial charge is 0.317 e. The van der Waals surface area contributed by atoms with Crippen LogP contribution in [0.15, 0.2) is 60.7 Å². The molecule has 0 aliphatic carbocycles. The van der Waals surface area contributed by atoms with Gasteiger partial charge in [-0.15, -0.1) is 0 Å². The Labute approximate surface area is 166 Å². The van der Waals surface area contributed by atoms with E-state index >= 15 is 0 Å². The Hall–Kier alpha value is -1.64. The van der Waals surface area contributed by atoms with Crippen molar-refractivity contribution in [2.75, 3.05) is 26.2 Å². The van der Waals surface area contributed by atoms with E-state index in [2.05, 4.69) is 71.3 Å². The molecular weight excluding hydrogens is 328 g/mol. The topological polar surface area (TPSA) is 24.1 Å². The van der Waals surface area contributed by atoms with Crippen LogP contribution in [0.4, 0.5) is 0 Å². The predicted octanol–water partition coefficient (Wildman–Crippen LogP) is 5.38. The summed E-state index contributed by atoms with van der Waals surface area (Å²) >= 11 is 0. The number of rotatable bonds is 16. The van der Waals surface area contributed by atoms with Crippen LogP contribution < -0.4 is 10.6 Å². The number of aryl methyl sites for hydroxylation is 1. The van der Waals surface area contributed by atoms with Crippen LogP contribution in [0.3, 0.4) is 0 Å². The van der Waals surface area contributed by atoms with Gasteiger partial charge in [0.1, 0.15) is 0 Å². The molecule has 0 radical (unpaired) electrons. The van der Waals surface area contributed by atoms with Gasteiger partial charge in [-0.1, -0.05) is 79.9 Å². The van der Waals surface area contributed by atoms with Crippen molar-refractivity contribution in [1.82, 2.24) is 10.6 Å². The second-order valence-corrected chi connectivity index (χ2v) is 7.45. The molecule has 0 aliphatic heterocycles. The first-order chi connectivity index (χ1) is 13.4. The standard InChI is InChI=1S/C25H38N2/c1(2-12-22-27-23-19-25-17-8-4-9-18-25)11-20-26-21-13-5-10-16-24-14-6-3-7-15-24/h3-4,6-9,14-15,17-18,26-27H,1-2,5,10-13,16,19-23H2. The minimum atomic E-state index is 1.09. The van der Waals surface area contributed by atoms with Crippen LogP contribution in [0.25, 0.3) is 0 Å². The quantitative estimate of drug-likeness (QED) is 0.390. The highest BCUT2D eigenvalue weighted by Crippen LogP contribution is 2.06. The first-order valence-corrected chi connectivity index (χ1v) is 10.9. The van der Waals surface area contributed by atoms with Gasteiger partial charge < -0.3 is 10.6 Å². The van der Waals surface area contributed by atoms with Crippen LogP contribution in [0.5, 0.6) is 0 Å². The monoisotopic (exact) mass is 366 g/mol. The van der Waals surface area contributed by atoms with Crippen LogP contribution in [0.1, 0.15) is 56.1 Å². The van der Waals surface area contributed by atoms with E-state index in [0.29, 0.717) is 0 Å². The van der Waals surface area contributed by atoms with Gasteiger partial charge in [0, 0.05) is 0 Å². The molecule has 0 bridgehead atoms. The summed E-state index contributed by atoms with van der Waals surface area (Å²) in [4.78, 5) is 0. The van der Waals surface area contributed by atoms with E-state index in [4.69, 9.17) is 0 Å². The number of benzene rings is 2. The predicted molar refractivity (Wildman–Crippen MR) is 118 cm³/mol. The van der Waals surface area contributed by atoms with Gasteiger partial charge in [-0.2, -0.15) is 0 Å². The average Bonchev–Trinajstić information content (AvgIpc) is 2.72. The fraction of sp³-hybridized carbons (Fsp3) is 0.520. The van der Waals surface area contributed by atoms with E-state index < -0.39 is 0 Å². The Morgan fingerprint density at radius 1 is 0.407 bits per heavy atom. The lowest BCUT2D eigenvalue weighted by Gasteiger charge is -2.06. The lowest BCUT2D eigenvalue weighted by molar-refractivity contribution is 0.549. The number of nitrogens with one attached hydrogen (secondary N) is 2. The third-order valence-corrected chi connectivity index (χ3v) is 5.05. The maximum atomic E-state index is 3.60. The maximum Gasteiger partial charge on any atom is -0.000835 e. The molecule has 2 N–H and O–H groups in total. The highest BCUT2D eigenvalue weighted by Gasteiger charge is 1.95. The van der Waals surface area contributed by atoms with E-state index in [0.717, 1.165) is 19.5 Å². The van der Waals surface area contributed by atoms with Crippen molar-refractivity contribution in [3.8, 4) is 0 Å². The highest BCUT2D eigenvalue weighted by molar-refractivity contribution is 5.15. The third-order valence-electron chi connectivity index (χ3n) is 5.05. The molecule has 0 saturated carbocycles. The van der Waals surface area contributed by atoms with Crippen LogP contribution in [0.2, 0.25) is 0 Å². The Morgan fingerprint density at radius 2 is 0.852 bits per heavy atom. The first-order valence-electron chi connectivity index (χ1n) is 10.9. The van der Waals surface area contributed by atoms with Crippen molar-refractivity contribution in [2.24, 2.45) is 0 Å². The molecule has 2 nitrogen and oxygen atoms in total. The van der Waals surface area contributed by atoms with Crippen LogP contribution >= 0.6 is 0 Å². The molecule has 148 valence electrons. The minimum absolute atomic E-state index is 1.09. The highest BCUT2D eigenvalue weighted by atomic mass is 14.8. The van der Waals surface area contributed by atoms with Crippen molar-refractivity contribution in [3.05, 3.63) is 71.8 Å². The molecule has 2 aromatic carbocycles. The summed E-state index contributed by atoms with van der Waals surface area (Å²) in [6, 6.07) is 21.6. The first kappa shape index (κ1) is 21.7. The molecule has 0 atom stereocenters. The van der Waals surface area contributed by atoms with E-state index in [-0.39, 0.29) is 0 Å². The molecule has 2 rings (SSSR count). The Morgan fingerprint density at radius 3 is 1.41 bits per heavy atom. The van der Waals surface area contributed by atoms with Gasteiger partial charge in [-0.3, -0.25) is 0 Å². The molecule has 0 aromatic heterocycles. The van der Waals surface area contributed by atoms with Crippen molar-refractivity contribution < 1.29 is 0 Å². The smallest absolute Gasteiger partial charge is 0.000835 e. The summed E-state index contributed by atoms with van der Waals surface area (Å²) in [5, 5.41) is 7.16. The minimum Gasteiger partial charge on any atom is -0.317 e. The SMILES string of the molecule is c1ccc(CCCCCNCCCCCCNCCc2ccccc2)cc1. The zero-order valence-electron chi connectivity index (χ0n) is 17.0. The number of unbranched alkanes of at least 4 members (excludes halogenated alkanes) is 5. The molecule has 0 amide bonds. The molecule has 0 aliphatic rings. The van der Waals surface area contributed by atoms with Gasteiger partial charge in [0.25, 0.3) is 0 Å². The summed E-state index contributed by atoms with van der Waals surface area (Å²) in [5.41, 5.74) is 2.90. The average molecular weight is 367 g/mol. The zero-order chi connectivity index (χ0) is 18.8. The maximum absolute atomic E-state index is 3.60. The lowest BCUT2D eigenvalue weighted by Crippen LogP contribution is -2.19. The Kier molecular flexibility index (Phi) is 12.4. The van der Waals surface area contributed by atoms with Crippen LogP contribution in [-0.2, 0) is 12.8 Å². The Balaban J connectivity index is 1.26. The van der Waals surface area contributed by atoms with Crippen molar-refractivity contribution in [3.63, 3.8) is 0 Å². The molecule has 2 heteroatoms. The molecule has 0 heterocycles. The fourth-order valence-electron chi connectivity index (χ4n) is 3.38. The van der Waals surface area contributed by atoms with Gasteiger partial charge in [-0.25, -0.2) is 0 Å². The van der Waals surface area contributed by atoms with Gasteiger partial charge >= 0.3 is 0 Å². The van der Waals surface area contributed by atoms with Crippen molar-refractivity contribution in [1.29, 1.82) is 0 Å². The number of hydrogen-bond acceptors (Lipinski definition) is 2. The molecule has 0 saturated heterocycles. The molecule has 0 unspecified atom stereocenters. The molecule has 0 fully saturated rings. The second kappa shape index (κ2) is 15.4. The second-order valence-electron chi connectivity index (χ2n) is 7.45. The Bertz CT molecular complexity index is 502. The van der Waals surface area contributed by atoms with Gasteiger partial charge in [0.2, 0.25) is 0 Å². The van der Waals surface area contributed by atoms with Crippen LogP contribution in [-0.4, -0.2) is 26.2 Å². The third kappa shape index (κ3) is 11.6. The normalized spacial score (nSPS) is 11.0. The summed E-state index contributed by atoms with van der Waals surface area (Å²) in [7, 11) is 0. The van der Waals surface area contributed by atoms with E-state index in [9.17, 15) is 0 Å². The van der Waals surface area contributed by atoms with Crippen LogP contribution in [0, 0.1) is 0 Å².